The molecule has 4 rings (SSSR count). The lowest BCUT2D eigenvalue weighted by Crippen LogP contribution is -2.21. The molecule has 0 aliphatic heterocycles. The molecule has 0 aromatic heterocycles. The minimum absolute atomic E-state index is 0.212. The lowest BCUT2D eigenvalue weighted by Gasteiger charge is -2.19. The summed E-state index contributed by atoms with van der Waals surface area (Å²) in [5, 5.41) is 7.44. The van der Waals surface area contributed by atoms with Crippen LogP contribution in [-0.4, -0.2) is 5.91 Å². The first-order chi connectivity index (χ1) is 12.7. The second-order valence-electron chi connectivity index (χ2n) is 7.32. The van der Waals surface area contributed by atoms with Gasteiger partial charge in [0.15, 0.2) is 0 Å². The smallest absolute Gasteiger partial charge is 0.224 e. The number of unbranched alkanes of at least 4 members (excludes halogenated alkanes) is 3. The van der Waals surface area contributed by atoms with E-state index in [4.69, 9.17) is 5.73 Å². The van der Waals surface area contributed by atoms with Gasteiger partial charge in [0.1, 0.15) is 0 Å². The maximum absolute atomic E-state index is 12.2. The van der Waals surface area contributed by atoms with Gasteiger partial charge in [-0.25, -0.2) is 0 Å². The summed E-state index contributed by atoms with van der Waals surface area (Å²) in [4.78, 5) is 12.2. The number of amides is 1. The van der Waals surface area contributed by atoms with Crippen LogP contribution >= 0.6 is 0 Å². The molecule has 2 N–H and O–H groups in total. The average molecular weight is 343 g/mol. The van der Waals surface area contributed by atoms with Crippen molar-refractivity contribution >= 4 is 38.2 Å². The van der Waals surface area contributed by atoms with Crippen molar-refractivity contribution in [3.63, 3.8) is 0 Å². The highest BCUT2D eigenvalue weighted by Crippen LogP contribution is 2.38. The predicted molar refractivity (Wildman–Crippen MR) is 111 cm³/mol. The molecule has 132 valence electrons. The Balaban J connectivity index is 1.87. The second kappa shape index (κ2) is 6.95. The van der Waals surface area contributed by atoms with Gasteiger partial charge in [-0.1, -0.05) is 87.2 Å². The lowest BCUT2D eigenvalue weighted by atomic mass is 9.85. The fourth-order valence-corrected chi connectivity index (χ4v) is 4.29. The molecule has 0 saturated heterocycles. The van der Waals surface area contributed by atoms with E-state index in [0.29, 0.717) is 0 Å². The number of rotatable bonds is 7. The van der Waals surface area contributed by atoms with Gasteiger partial charge in [-0.2, -0.15) is 0 Å². The van der Waals surface area contributed by atoms with E-state index in [-0.39, 0.29) is 11.8 Å². The largest absolute Gasteiger partial charge is 0.369 e. The van der Waals surface area contributed by atoms with Gasteiger partial charge in [-0.3, -0.25) is 4.79 Å². The van der Waals surface area contributed by atoms with Gasteiger partial charge in [0.25, 0.3) is 0 Å². The molecule has 0 heterocycles. The Kier molecular flexibility index (Phi) is 4.50. The molecule has 0 aliphatic carbocycles. The Bertz CT molecular complexity index is 1050. The molecule has 0 radical (unpaired) electrons. The van der Waals surface area contributed by atoms with Crippen molar-refractivity contribution in [3.8, 4) is 0 Å². The van der Waals surface area contributed by atoms with E-state index in [1.54, 1.807) is 0 Å². The van der Waals surface area contributed by atoms with Crippen LogP contribution in [-0.2, 0) is 4.79 Å². The van der Waals surface area contributed by atoms with Crippen LogP contribution in [0.1, 0.15) is 50.5 Å². The average Bonchev–Trinajstić information content (AvgIpc) is 2.66. The summed E-state index contributed by atoms with van der Waals surface area (Å²) in [6.07, 6.45) is 5.44. The van der Waals surface area contributed by atoms with Gasteiger partial charge < -0.3 is 5.73 Å². The molecule has 0 fully saturated rings. The summed E-state index contributed by atoms with van der Waals surface area (Å²) in [6, 6.07) is 19.4. The molecule has 4 aromatic rings. The fourth-order valence-electron chi connectivity index (χ4n) is 4.29. The Morgan fingerprint density at radius 3 is 2.19 bits per heavy atom. The Morgan fingerprint density at radius 2 is 1.50 bits per heavy atom. The third-order valence-corrected chi connectivity index (χ3v) is 5.63. The minimum atomic E-state index is -0.212. The van der Waals surface area contributed by atoms with Gasteiger partial charge in [0.05, 0.1) is 5.92 Å². The van der Waals surface area contributed by atoms with Crippen LogP contribution < -0.4 is 5.73 Å². The number of benzene rings is 4. The summed E-state index contributed by atoms with van der Waals surface area (Å²) < 4.78 is 0. The van der Waals surface area contributed by atoms with Gasteiger partial charge in [-0.15, -0.1) is 0 Å². The zero-order chi connectivity index (χ0) is 18.1. The molecule has 2 heteroatoms. The van der Waals surface area contributed by atoms with Crippen LogP contribution in [0.15, 0.2) is 54.6 Å². The molecule has 0 bridgehead atoms. The highest BCUT2D eigenvalue weighted by Gasteiger charge is 2.21. The van der Waals surface area contributed by atoms with E-state index in [2.05, 4.69) is 61.5 Å². The topological polar surface area (TPSA) is 43.1 Å². The Hall–Kier alpha value is -2.61. The monoisotopic (exact) mass is 343 g/mol. The van der Waals surface area contributed by atoms with Crippen molar-refractivity contribution < 1.29 is 4.79 Å². The second-order valence-corrected chi connectivity index (χ2v) is 7.32. The van der Waals surface area contributed by atoms with Crippen molar-refractivity contribution in [2.24, 2.45) is 5.73 Å². The van der Waals surface area contributed by atoms with E-state index in [0.717, 1.165) is 24.8 Å². The van der Waals surface area contributed by atoms with Crippen LogP contribution in [0, 0.1) is 0 Å². The van der Waals surface area contributed by atoms with Gasteiger partial charge in [-0.05, 0) is 44.3 Å². The summed E-state index contributed by atoms with van der Waals surface area (Å²) in [5.41, 5.74) is 6.90. The normalized spacial score (nSPS) is 13.0. The van der Waals surface area contributed by atoms with E-state index in [9.17, 15) is 4.79 Å². The molecular weight excluding hydrogens is 318 g/mol. The van der Waals surface area contributed by atoms with Gasteiger partial charge >= 0.3 is 0 Å². The number of nitrogens with two attached hydrogens (primary N) is 1. The van der Waals surface area contributed by atoms with Crippen molar-refractivity contribution in [3.05, 3.63) is 60.2 Å². The zero-order valence-electron chi connectivity index (χ0n) is 15.3. The molecular formula is C24H25NO. The van der Waals surface area contributed by atoms with E-state index in [1.807, 2.05) is 0 Å². The molecule has 0 spiro atoms. The quantitative estimate of drug-likeness (QED) is 0.319. The van der Waals surface area contributed by atoms with Crippen LogP contribution in [0.5, 0.6) is 0 Å². The number of hydrogen-bond donors (Lipinski definition) is 1. The number of hydrogen-bond acceptors (Lipinski definition) is 1. The molecule has 26 heavy (non-hydrogen) atoms. The van der Waals surface area contributed by atoms with Crippen LogP contribution in [0.2, 0.25) is 0 Å². The highest BCUT2D eigenvalue weighted by atomic mass is 16.1. The SMILES string of the molecule is CCCCCCC(C(N)=O)c1ccc2ccc3cccc4ccc1c2c34. The maximum atomic E-state index is 12.2. The number of carbonyl (C=O) groups excluding carboxylic acids is 1. The molecule has 4 aromatic carbocycles. The van der Waals surface area contributed by atoms with Crippen LogP contribution in [0.25, 0.3) is 32.3 Å². The van der Waals surface area contributed by atoms with E-state index >= 15 is 0 Å². The number of carbonyl (C=O) groups is 1. The Labute approximate surface area is 154 Å². The predicted octanol–water partition coefficient (Wildman–Crippen LogP) is 6.12. The third kappa shape index (κ3) is 2.80. The van der Waals surface area contributed by atoms with Crippen LogP contribution in [0.4, 0.5) is 0 Å². The first-order valence-electron chi connectivity index (χ1n) is 9.66. The molecule has 1 amide bonds. The summed E-state index contributed by atoms with van der Waals surface area (Å²) in [7, 11) is 0. The standard InChI is InChI=1S/C24H25NO/c1-2-3-4-5-9-21(24(25)26)19-14-12-18-11-10-16-7-6-8-17-13-15-20(19)23(18)22(16)17/h6-8,10-15,21H,2-5,9H2,1H3,(H2,25,26). The van der Waals surface area contributed by atoms with Gasteiger partial charge in [0.2, 0.25) is 5.91 Å². The van der Waals surface area contributed by atoms with Crippen molar-refractivity contribution in [1.82, 2.24) is 0 Å². The number of primary amides is 1. The maximum Gasteiger partial charge on any atom is 0.224 e. The van der Waals surface area contributed by atoms with Crippen molar-refractivity contribution in [2.75, 3.05) is 0 Å². The first-order valence-corrected chi connectivity index (χ1v) is 9.66. The zero-order valence-corrected chi connectivity index (χ0v) is 15.3. The molecule has 2 nitrogen and oxygen atoms in total. The van der Waals surface area contributed by atoms with Gasteiger partial charge in [0, 0.05) is 0 Å². The Morgan fingerprint density at radius 1 is 0.846 bits per heavy atom. The molecule has 0 aliphatic rings. The third-order valence-electron chi connectivity index (χ3n) is 5.63. The first kappa shape index (κ1) is 16.8. The van der Waals surface area contributed by atoms with E-state index < -0.39 is 0 Å². The van der Waals surface area contributed by atoms with Crippen molar-refractivity contribution in [2.45, 2.75) is 44.9 Å². The molecule has 0 saturated carbocycles. The fraction of sp³-hybridized carbons (Fsp3) is 0.292. The molecule has 1 unspecified atom stereocenters. The minimum Gasteiger partial charge on any atom is -0.369 e. The van der Waals surface area contributed by atoms with E-state index in [1.165, 1.54) is 45.2 Å². The highest BCUT2D eigenvalue weighted by molar-refractivity contribution is 6.23. The van der Waals surface area contributed by atoms with Crippen LogP contribution in [0.3, 0.4) is 0 Å². The summed E-state index contributed by atoms with van der Waals surface area (Å²) >= 11 is 0. The summed E-state index contributed by atoms with van der Waals surface area (Å²) in [5.74, 6) is -0.423. The molecule has 1 atom stereocenters. The lowest BCUT2D eigenvalue weighted by molar-refractivity contribution is -0.119. The summed E-state index contributed by atoms with van der Waals surface area (Å²) in [6.45, 7) is 2.20. The van der Waals surface area contributed by atoms with Crippen molar-refractivity contribution in [1.29, 1.82) is 0 Å².